The van der Waals surface area contributed by atoms with Crippen molar-refractivity contribution in [2.24, 2.45) is 5.16 Å². The lowest BCUT2D eigenvalue weighted by molar-refractivity contribution is -0.132. The van der Waals surface area contributed by atoms with E-state index >= 15 is 0 Å². The van der Waals surface area contributed by atoms with E-state index in [0.29, 0.717) is 17.7 Å². The molecule has 2 aliphatic rings. The highest BCUT2D eigenvalue weighted by Gasteiger charge is 2.31. The first kappa shape index (κ1) is 13.9. The molecule has 1 atom stereocenters. The van der Waals surface area contributed by atoms with Gasteiger partial charge in [-0.1, -0.05) is 36.6 Å². The number of aromatic hydroxyl groups is 1. The quantitative estimate of drug-likeness (QED) is 0.896. The third kappa shape index (κ3) is 3.17. The molecule has 0 spiro atoms. The molecule has 112 valence electrons. The monoisotopic (exact) mass is 288 g/mol. The topological polar surface area (TPSA) is 70.9 Å². The minimum absolute atomic E-state index is 0.101. The van der Waals surface area contributed by atoms with Crippen LogP contribution in [0.2, 0.25) is 0 Å². The number of nitrogens with one attached hydrogen (secondary N) is 1. The van der Waals surface area contributed by atoms with Crippen LogP contribution < -0.4 is 5.32 Å². The van der Waals surface area contributed by atoms with E-state index in [1.807, 2.05) is 6.07 Å². The van der Waals surface area contributed by atoms with E-state index in [2.05, 4.69) is 10.5 Å². The molecule has 1 unspecified atom stereocenters. The van der Waals surface area contributed by atoms with E-state index in [1.165, 1.54) is 19.3 Å². The molecule has 1 aliphatic carbocycles. The minimum atomic E-state index is -0.582. The molecule has 3 rings (SSSR count). The number of oxime groups is 1. The summed E-state index contributed by atoms with van der Waals surface area (Å²) < 4.78 is 0. The maximum Gasteiger partial charge on any atom is 0.264 e. The molecular weight excluding hydrogens is 268 g/mol. The first-order chi connectivity index (χ1) is 10.2. The molecule has 1 aliphatic heterocycles. The van der Waals surface area contributed by atoms with Gasteiger partial charge in [0.05, 0.1) is 5.71 Å². The number of nitrogens with zero attached hydrogens (tertiary/aromatic N) is 1. The number of phenols is 1. The van der Waals surface area contributed by atoms with E-state index in [-0.39, 0.29) is 17.7 Å². The average molecular weight is 288 g/mol. The Morgan fingerprint density at radius 3 is 2.76 bits per heavy atom. The van der Waals surface area contributed by atoms with E-state index in [4.69, 9.17) is 4.84 Å². The van der Waals surface area contributed by atoms with E-state index in [0.717, 1.165) is 12.8 Å². The van der Waals surface area contributed by atoms with Gasteiger partial charge in [-0.05, 0) is 25.0 Å². The summed E-state index contributed by atoms with van der Waals surface area (Å²) in [6.45, 7) is 0. The SMILES string of the molecule is O=C(NC1CCCCC1)C1CC(c2ccccc2O)=NO1. The van der Waals surface area contributed by atoms with E-state index in [1.54, 1.807) is 18.2 Å². The predicted molar refractivity (Wildman–Crippen MR) is 79.1 cm³/mol. The molecule has 21 heavy (non-hydrogen) atoms. The zero-order valence-corrected chi connectivity index (χ0v) is 11.9. The van der Waals surface area contributed by atoms with Crippen LogP contribution >= 0.6 is 0 Å². The minimum Gasteiger partial charge on any atom is -0.507 e. The van der Waals surface area contributed by atoms with Gasteiger partial charge in [-0.25, -0.2) is 0 Å². The van der Waals surface area contributed by atoms with Crippen LogP contribution in [0.5, 0.6) is 5.75 Å². The highest BCUT2D eigenvalue weighted by molar-refractivity contribution is 6.05. The van der Waals surface area contributed by atoms with Crippen molar-refractivity contribution in [3.63, 3.8) is 0 Å². The highest BCUT2D eigenvalue weighted by Crippen LogP contribution is 2.24. The van der Waals surface area contributed by atoms with Crippen molar-refractivity contribution < 1.29 is 14.7 Å². The summed E-state index contributed by atoms with van der Waals surface area (Å²) in [5, 5.41) is 16.8. The average Bonchev–Trinajstić information content (AvgIpc) is 2.98. The number of rotatable bonds is 3. The number of hydrogen-bond donors (Lipinski definition) is 2. The third-order valence-electron chi connectivity index (χ3n) is 4.13. The maximum absolute atomic E-state index is 12.2. The van der Waals surface area contributed by atoms with Gasteiger partial charge in [-0.2, -0.15) is 0 Å². The highest BCUT2D eigenvalue weighted by atomic mass is 16.6. The Morgan fingerprint density at radius 2 is 2.00 bits per heavy atom. The van der Waals surface area contributed by atoms with Gasteiger partial charge in [0, 0.05) is 18.0 Å². The van der Waals surface area contributed by atoms with Crippen LogP contribution in [0.4, 0.5) is 0 Å². The standard InChI is InChI=1S/C16H20N2O3/c19-14-9-5-4-8-12(14)13-10-15(21-18-13)16(20)17-11-6-2-1-3-7-11/h4-5,8-9,11,15,19H,1-3,6-7,10H2,(H,17,20). The fourth-order valence-corrected chi connectivity index (χ4v) is 2.94. The summed E-state index contributed by atoms with van der Waals surface area (Å²) in [6, 6.07) is 7.23. The third-order valence-corrected chi connectivity index (χ3v) is 4.13. The van der Waals surface area contributed by atoms with Gasteiger partial charge in [-0.3, -0.25) is 4.79 Å². The van der Waals surface area contributed by atoms with Crippen molar-refractivity contribution in [2.75, 3.05) is 0 Å². The summed E-state index contributed by atoms with van der Waals surface area (Å²) in [7, 11) is 0. The lowest BCUT2D eigenvalue weighted by Gasteiger charge is -2.23. The molecule has 0 bridgehead atoms. The van der Waals surface area contributed by atoms with E-state index in [9.17, 15) is 9.90 Å². The summed E-state index contributed by atoms with van der Waals surface area (Å²) in [4.78, 5) is 17.4. The lowest BCUT2D eigenvalue weighted by atomic mass is 9.95. The van der Waals surface area contributed by atoms with Crippen molar-refractivity contribution in [1.82, 2.24) is 5.32 Å². The second-order valence-electron chi connectivity index (χ2n) is 5.70. The van der Waals surface area contributed by atoms with Crippen LogP contribution in [-0.4, -0.2) is 28.9 Å². The lowest BCUT2D eigenvalue weighted by Crippen LogP contribution is -2.42. The normalized spacial score (nSPS) is 22.5. The molecule has 1 fully saturated rings. The van der Waals surface area contributed by atoms with Gasteiger partial charge in [0.15, 0.2) is 0 Å². The largest absolute Gasteiger partial charge is 0.507 e. The van der Waals surface area contributed by atoms with Gasteiger partial charge in [0.25, 0.3) is 5.91 Å². The molecule has 1 aromatic rings. The van der Waals surface area contributed by atoms with Crippen LogP contribution in [-0.2, 0) is 9.63 Å². The second-order valence-corrected chi connectivity index (χ2v) is 5.70. The van der Waals surface area contributed by atoms with Crippen molar-refractivity contribution >= 4 is 11.6 Å². The molecule has 1 heterocycles. The van der Waals surface area contributed by atoms with Crippen LogP contribution in [0, 0.1) is 0 Å². The van der Waals surface area contributed by atoms with Crippen LogP contribution in [0.3, 0.4) is 0 Å². The molecular formula is C16H20N2O3. The molecule has 5 nitrogen and oxygen atoms in total. The van der Waals surface area contributed by atoms with Gasteiger partial charge in [-0.15, -0.1) is 0 Å². The zero-order chi connectivity index (χ0) is 14.7. The smallest absolute Gasteiger partial charge is 0.264 e. The van der Waals surface area contributed by atoms with Gasteiger partial charge >= 0.3 is 0 Å². The molecule has 0 saturated heterocycles. The maximum atomic E-state index is 12.2. The number of amides is 1. The Kier molecular flexibility index (Phi) is 4.08. The molecule has 1 aromatic carbocycles. The molecule has 1 amide bonds. The zero-order valence-electron chi connectivity index (χ0n) is 11.9. The Hall–Kier alpha value is -2.04. The molecule has 1 saturated carbocycles. The van der Waals surface area contributed by atoms with Crippen molar-refractivity contribution in [1.29, 1.82) is 0 Å². The van der Waals surface area contributed by atoms with E-state index < -0.39 is 6.10 Å². The molecule has 5 heteroatoms. The summed E-state index contributed by atoms with van der Waals surface area (Å²) >= 11 is 0. The van der Waals surface area contributed by atoms with Crippen LogP contribution in [0.1, 0.15) is 44.1 Å². The summed E-state index contributed by atoms with van der Waals surface area (Å²) in [5.41, 5.74) is 1.25. The summed E-state index contributed by atoms with van der Waals surface area (Å²) in [5.74, 6) is 0.0595. The van der Waals surface area contributed by atoms with Crippen molar-refractivity contribution in [3.05, 3.63) is 29.8 Å². The molecule has 0 radical (unpaired) electrons. The Morgan fingerprint density at radius 1 is 1.24 bits per heavy atom. The van der Waals surface area contributed by atoms with Gasteiger partial charge < -0.3 is 15.3 Å². The fraction of sp³-hybridized carbons (Fsp3) is 0.500. The number of hydrogen-bond acceptors (Lipinski definition) is 4. The summed E-state index contributed by atoms with van der Waals surface area (Å²) in [6.07, 6.45) is 5.52. The number of phenolic OH excluding ortho intramolecular Hbond substituents is 1. The van der Waals surface area contributed by atoms with Crippen molar-refractivity contribution in [3.8, 4) is 5.75 Å². The Labute approximate surface area is 124 Å². The predicted octanol–water partition coefficient (Wildman–Crippen LogP) is 2.33. The number of para-hydroxylation sites is 1. The Balaban J connectivity index is 1.58. The van der Waals surface area contributed by atoms with Gasteiger partial charge in [0.1, 0.15) is 5.75 Å². The Bertz CT molecular complexity index is 550. The number of benzene rings is 1. The molecule has 2 N–H and O–H groups in total. The van der Waals surface area contributed by atoms with Crippen molar-refractivity contribution in [2.45, 2.75) is 50.7 Å². The van der Waals surface area contributed by atoms with Crippen LogP contribution in [0.25, 0.3) is 0 Å². The number of carbonyl (C=O) groups is 1. The number of carbonyl (C=O) groups excluding carboxylic acids is 1. The fourth-order valence-electron chi connectivity index (χ4n) is 2.94. The molecule has 0 aromatic heterocycles. The first-order valence-electron chi connectivity index (χ1n) is 7.55. The first-order valence-corrected chi connectivity index (χ1v) is 7.55. The second kappa shape index (κ2) is 6.16. The van der Waals surface area contributed by atoms with Gasteiger partial charge in [0.2, 0.25) is 6.10 Å². The van der Waals surface area contributed by atoms with Crippen LogP contribution in [0.15, 0.2) is 29.4 Å².